The van der Waals surface area contributed by atoms with Crippen molar-refractivity contribution in [2.45, 2.75) is 35.4 Å². The number of nitrogens with one attached hydrogen (secondary N) is 1. The van der Waals surface area contributed by atoms with Crippen molar-refractivity contribution in [1.82, 2.24) is 10.2 Å². The fraction of sp³-hybridized carbons (Fsp3) is 0.250. The molecule has 0 aliphatic carbocycles. The van der Waals surface area contributed by atoms with E-state index in [-0.39, 0.29) is 5.91 Å². The highest BCUT2D eigenvalue weighted by molar-refractivity contribution is 8.01. The van der Waals surface area contributed by atoms with Gasteiger partial charge in [-0.15, -0.1) is 10.2 Å². The molecule has 1 heterocycles. The number of amides is 1. The lowest BCUT2D eigenvalue weighted by Gasteiger charge is -2.08. The number of unbranched alkanes of at least 4 members (excludes halogenated alkanes) is 2. The van der Waals surface area contributed by atoms with Gasteiger partial charge in [0.2, 0.25) is 0 Å². The van der Waals surface area contributed by atoms with Gasteiger partial charge >= 0.3 is 0 Å². The van der Waals surface area contributed by atoms with Gasteiger partial charge in [-0.2, -0.15) is 0 Å². The zero-order valence-corrected chi connectivity index (χ0v) is 16.7. The molecule has 0 spiro atoms. The van der Waals surface area contributed by atoms with Gasteiger partial charge in [0.05, 0.1) is 6.61 Å². The second-order valence-corrected chi connectivity index (χ2v) is 8.02. The Balaban J connectivity index is 1.52. The van der Waals surface area contributed by atoms with E-state index in [1.54, 1.807) is 29.4 Å². The van der Waals surface area contributed by atoms with Gasteiger partial charge in [0, 0.05) is 16.1 Å². The summed E-state index contributed by atoms with van der Waals surface area (Å²) < 4.78 is 6.57. The summed E-state index contributed by atoms with van der Waals surface area (Å²) in [6.07, 6.45) is 3.38. The quantitative estimate of drug-likeness (QED) is 0.481. The smallest absolute Gasteiger partial charge is 0.255 e. The fourth-order valence-electron chi connectivity index (χ4n) is 2.36. The maximum Gasteiger partial charge on any atom is 0.255 e. The number of carbonyl (C=O) groups is 1. The molecule has 5 nitrogen and oxygen atoms in total. The highest BCUT2D eigenvalue weighted by Crippen LogP contribution is 2.29. The van der Waals surface area contributed by atoms with E-state index in [1.807, 2.05) is 36.4 Å². The topological polar surface area (TPSA) is 64.1 Å². The molecule has 27 heavy (non-hydrogen) atoms. The molecule has 0 bridgehead atoms. The Hall–Kier alpha value is -2.38. The number of aromatic nitrogens is 2. The van der Waals surface area contributed by atoms with Crippen molar-refractivity contribution < 1.29 is 9.53 Å². The molecule has 0 saturated carbocycles. The number of ether oxygens (including phenoxy) is 1. The maximum absolute atomic E-state index is 12.4. The second-order valence-electron chi connectivity index (χ2n) is 5.87. The van der Waals surface area contributed by atoms with Gasteiger partial charge in [0.1, 0.15) is 11.3 Å². The first kappa shape index (κ1) is 19.4. The van der Waals surface area contributed by atoms with Crippen LogP contribution in [-0.4, -0.2) is 22.7 Å². The van der Waals surface area contributed by atoms with Crippen LogP contribution in [0, 0.1) is 0 Å². The largest absolute Gasteiger partial charge is 0.494 e. The molecule has 7 heteroatoms. The van der Waals surface area contributed by atoms with Crippen LogP contribution in [0.1, 0.15) is 36.5 Å². The molecule has 0 atom stereocenters. The van der Waals surface area contributed by atoms with Crippen molar-refractivity contribution >= 4 is 34.7 Å². The number of hydrogen-bond donors (Lipinski definition) is 1. The molecule has 3 rings (SSSR count). The zero-order chi connectivity index (χ0) is 18.9. The standard InChI is InChI=1S/C20H21N3O2S2/c1-2-3-4-13-25-17-9-5-15(6-10-17)19(24)22-16-7-11-18(12-8-16)27-20-23-21-14-26-20/h5-12,14H,2-4,13H2,1H3,(H,22,24). The van der Waals surface area contributed by atoms with Gasteiger partial charge in [0.25, 0.3) is 5.91 Å². The third kappa shape index (κ3) is 6.08. The summed E-state index contributed by atoms with van der Waals surface area (Å²) in [7, 11) is 0. The van der Waals surface area contributed by atoms with Crippen LogP contribution in [0.15, 0.2) is 63.3 Å². The number of nitrogens with zero attached hydrogens (tertiary/aromatic N) is 2. The molecule has 0 radical (unpaired) electrons. The van der Waals surface area contributed by atoms with Crippen molar-refractivity contribution in [3.8, 4) is 5.75 Å². The van der Waals surface area contributed by atoms with E-state index in [0.717, 1.165) is 27.1 Å². The van der Waals surface area contributed by atoms with E-state index >= 15 is 0 Å². The molecule has 0 fully saturated rings. The van der Waals surface area contributed by atoms with Gasteiger partial charge in [-0.05, 0) is 55.0 Å². The molecule has 0 aliphatic heterocycles. The Labute approximate surface area is 167 Å². The van der Waals surface area contributed by atoms with Crippen LogP contribution in [0.5, 0.6) is 5.75 Å². The van der Waals surface area contributed by atoms with Crippen molar-refractivity contribution in [3.63, 3.8) is 0 Å². The van der Waals surface area contributed by atoms with Crippen LogP contribution in [0.4, 0.5) is 5.69 Å². The highest BCUT2D eigenvalue weighted by atomic mass is 32.2. The molecule has 140 valence electrons. The number of hydrogen-bond acceptors (Lipinski definition) is 6. The minimum absolute atomic E-state index is 0.142. The van der Waals surface area contributed by atoms with E-state index in [0.29, 0.717) is 12.2 Å². The van der Waals surface area contributed by atoms with Crippen LogP contribution < -0.4 is 10.1 Å². The van der Waals surface area contributed by atoms with E-state index in [4.69, 9.17) is 4.74 Å². The molecule has 2 aromatic carbocycles. The molecule has 0 aliphatic rings. The lowest BCUT2D eigenvalue weighted by atomic mass is 10.2. The van der Waals surface area contributed by atoms with Crippen molar-refractivity contribution in [2.24, 2.45) is 0 Å². The SMILES string of the molecule is CCCCCOc1ccc(C(=O)Nc2ccc(Sc3nncs3)cc2)cc1. The number of carbonyl (C=O) groups excluding carboxylic acids is 1. The molecule has 1 aromatic heterocycles. The van der Waals surface area contributed by atoms with Gasteiger partial charge < -0.3 is 10.1 Å². The van der Waals surface area contributed by atoms with Gasteiger partial charge in [-0.3, -0.25) is 4.79 Å². The summed E-state index contributed by atoms with van der Waals surface area (Å²) in [4.78, 5) is 13.4. The van der Waals surface area contributed by atoms with E-state index in [2.05, 4.69) is 22.4 Å². The normalized spacial score (nSPS) is 10.6. The maximum atomic E-state index is 12.4. The van der Waals surface area contributed by atoms with Crippen LogP contribution in [0.3, 0.4) is 0 Å². The second kappa shape index (κ2) is 10.1. The molecular formula is C20H21N3O2S2. The Bertz CT molecular complexity index is 835. The molecule has 1 N–H and O–H groups in total. The lowest BCUT2D eigenvalue weighted by molar-refractivity contribution is 0.102. The average Bonchev–Trinajstić information content (AvgIpc) is 3.20. The highest BCUT2D eigenvalue weighted by Gasteiger charge is 2.07. The summed E-state index contributed by atoms with van der Waals surface area (Å²) in [6, 6.07) is 14.9. The van der Waals surface area contributed by atoms with E-state index < -0.39 is 0 Å². The Morgan fingerprint density at radius 2 is 1.89 bits per heavy atom. The molecule has 3 aromatic rings. The first-order valence-electron chi connectivity index (χ1n) is 8.83. The minimum Gasteiger partial charge on any atom is -0.494 e. The summed E-state index contributed by atoms with van der Waals surface area (Å²) in [5.74, 6) is 0.651. The summed E-state index contributed by atoms with van der Waals surface area (Å²) in [6.45, 7) is 2.87. The summed E-state index contributed by atoms with van der Waals surface area (Å²) in [5, 5.41) is 10.7. The lowest BCUT2D eigenvalue weighted by Crippen LogP contribution is -2.11. The van der Waals surface area contributed by atoms with Crippen LogP contribution >= 0.6 is 23.1 Å². The number of benzene rings is 2. The Kier molecular flexibility index (Phi) is 7.24. The summed E-state index contributed by atoms with van der Waals surface area (Å²) in [5.41, 5.74) is 3.06. The first-order valence-corrected chi connectivity index (χ1v) is 10.5. The van der Waals surface area contributed by atoms with Crippen LogP contribution in [0.2, 0.25) is 0 Å². The van der Waals surface area contributed by atoms with E-state index in [9.17, 15) is 4.79 Å². The Morgan fingerprint density at radius 1 is 1.11 bits per heavy atom. The number of anilines is 1. The Morgan fingerprint density at radius 3 is 2.56 bits per heavy atom. The predicted molar refractivity (Wildman–Crippen MR) is 110 cm³/mol. The monoisotopic (exact) mass is 399 g/mol. The fourth-order valence-corrected chi connectivity index (χ4v) is 3.81. The summed E-state index contributed by atoms with van der Waals surface area (Å²) >= 11 is 3.05. The van der Waals surface area contributed by atoms with Crippen molar-refractivity contribution in [1.29, 1.82) is 0 Å². The van der Waals surface area contributed by atoms with Crippen LogP contribution in [-0.2, 0) is 0 Å². The molecule has 1 amide bonds. The van der Waals surface area contributed by atoms with Crippen molar-refractivity contribution in [2.75, 3.05) is 11.9 Å². The van der Waals surface area contributed by atoms with Crippen molar-refractivity contribution in [3.05, 3.63) is 59.6 Å². The van der Waals surface area contributed by atoms with Gasteiger partial charge in [-0.1, -0.05) is 42.9 Å². The average molecular weight is 400 g/mol. The molecule has 0 saturated heterocycles. The van der Waals surface area contributed by atoms with E-state index in [1.165, 1.54) is 24.2 Å². The zero-order valence-electron chi connectivity index (χ0n) is 15.1. The molecular weight excluding hydrogens is 378 g/mol. The third-order valence-electron chi connectivity index (χ3n) is 3.79. The van der Waals surface area contributed by atoms with Gasteiger partial charge in [-0.25, -0.2) is 0 Å². The molecule has 0 unspecified atom stereocenters. The van der Waals surface area contributed by atoms with Gasteiger partial charge in [0.15, 0.2) is 4.34 Å². The predicted octanol–water partition coefficient (Wildman–Crippen LogP) is 5.51. The van der Waals surface area contributed by atoms with Crippen LogP contribution in [0.25, 0.3) is 0 Å². The minimum atomic E-state index is -0.142. The number of rotatable bonds is 9. The third-order valence-corrected chi connectivity index (χ3v) is 5.58. The first-order chi connectivity index (χ1) is 13.2.